The van der Waals surface area contributed by atoms with Gasteiger partial charge < -0.3 is 14.7 Å². The Labute approximate surface area is 192 Å². The molecule has 0 aliphatic carbocycles. The van der Waals surface area contributed by atoms with Crippen molar-refractivity contribution in [3.63, 3.8) is 0 Å². The van der Waals surface area contributed by atoms with Crippen LogP contribution in [-0.4, -0.2) is 66.4 Å². The van der Waals surface area contributed by atoms with Crippen molar-refractivity contribution in [2.45, 2.75) is 33.1 Å². The first-order chi connectivity index (χ1) is 13.4. The third kappa shape index (κ3) is 6.36. The molecule has 9 nitrogen and oxygen atoms in total. The number of nitrogens with one attached hydrogen (secondary N) is 1. The van der Waals surface area contributed by atoms with Crippen LogP contribution in [0.15, 0.2) is 21.8 Å². The molecule has 0 radical (unpaired) electrons. The van der Waals surface area contributed by atoms with E-state index >= 15 is 0 Å². The van der Waals surface area contributed by atoms with Crippen LogP contribution in [-0.2, 0) is 22.3 Å². The number of halogens is 1. The third-order valence-electron chi connectivity index (χ3n) is 4.46. The van der Waals surface area contributed by atoms with Crippen molar-refractivity contribution in [1.29, 1.82) is 0 Å². The van der Waals surface area contributed by atoms with Gasteiger partial charge in [-0.3, -0.25) is 0 Å². The zero-order chi connectivity index (χ0) is 20.1. The van der Waals surface area contributed by atoms with E-state index in [0.717, 1.165) is 28.1 Å². The van der Waals surface area contributed by atoms with E-state index in [9.17, 15) is 8.42 Å². The Balaban J connectivity index is 0.00000300. The molecule has 162 valence electrons. The Morgan fingerprint density at radius 3 is 2.59 bits per heavy atom. The lowest BCUT2D eigenvalue weighted by Gasteiger charge is -2.35. The molecule has 2 aromatic rings. The van der Waals surface area contributed by atoms with E-state index in [0.29, 0.717) is 38.4 Å². The number of hydrogen-bond donors (Lipinski definition) is 1. The van der Waals surface area contributed by atoms with Crippen molar-refractivity contribution >= 4 is 51.3 Å². The third-order valence-corrected chi connectivity index (χ3v) is 7.33. The molecule has 2 aromatic heterocycles. The number of thiazole rings is 1. The van der Waals surface area contributed by atoms with E-state index in [1.54, 1.807) is 17.4 Å². The topological polar surface area (TPSA) is 104 Å². The first-order valence-corrected chi connectivity index (χ1v) is 11.6. The molecule has 0 aromatic carbocycles. The van der Waals surface area contributed by atoms with Crippen LogP contribution < -0.4 is 5.32 Å². The fraction of sp³-hybridized carbons (Fsp3) is 0.588. The molecule has 29 heavy (non-hydrogen) atoms. The fourth-order valence-electron chi connectivity index (χ4n) is 3.06. The van der Waals surface area contributed by atoms with Gasteiger partial charge in [-0.15, -0.1) is 35.3 Å². The van der Waals surface area contributed by atoms with E-state index in [2.05, 4.69) is 20.4 Å². The van der Waals surface area contributed by atoms with Gasteiger partial charge in [-0.05, 0) is 20.8 Å². The van der Waals surface area contributed by atoms with Gasteiger partial charge in [0.05, 0.1) is 22.9 Å². The number of sulfonamides is 1. The maximum atomic E-state index is 12.6. The summed E-state index contributed by atoms with van der Waals surface area (Å²) >= 11 is 1.66. The van der Waals surface area contributed by atoms with E-state index in [4.69, 9.17) is 9.52 Å². The van der Waals surface area contributed by atoms with Crippen molar-refractivity contribution < 1.29 is 12.9 Å². The highest BCUT2D eigenvalue weighted by molar-refractivity contribution is 14.0. The van der Waals surface area contributed by atoms with Gasteiger partial charge in [0.15, 0.2) is 5.96 Å². The molecule has 1 fully saturated rings. The molecule has 0 unspecified atom stereocenters. The Morgan fingerprint density at radius 2 is 2.03 bits per heavy atom. The van der Waals surface area contributed by atoms with Gasteiger partial charge >= 0.3 is 0 Å². The van der Waals surface area contributed by atoms with E-state index < -0.39 is 10.0 Å². The highest BCUT2D eigenvalue weighted by Gasteiger charge is 2.29. The summed E-state index contributed by atoms with van der Waals surface area (Å²) in [5.41, 5.74) is 1.44. The molecule has 0 saturated carbocycles. The summed E-state index contributed by atoms with van der Waals surface area (Å²) < 4.78 is 31.4. The largest absolute Gasteiger partial charge is 0.364 e. The summed E-state index contributed by atoms with van der Waals surface area (Å²) in [6, 6.07) is 1.58. The van der Waals surface area contributed by atoms with Crippen molar-refractivity contribution in [2.75, 3.05) is 32.7 Å². The highest BCUT2D eigenvalue weighted by Crippen LogP contribution is 2.18. The van der Waals surface area contributed by atoms with E-state index in [1.807, 2.05) is 20.8 Å². The number of guanidine groups is 1. The summed E-state index contributed by atoms with van der Waals surface area (Å²) in [6.07, 6.45) is 1.38. The van der Waals surface area contributed by atoms with Gasteiger partial charge in [-0.25, -0.2) is 18.4 Å². The molecule has 0 bridgehead atoms. The summed E-state index contributed by atoms with van der Waals surface area (Å²) in [4.78, 5) is 12.4. The second-order valence-corrected chi connectivity index (χ2v) is 9.80. The predicted octanol–water partition coefficient (Wildman–Crippen LogP) is 1.98. The van der Waals surface area contributed by atoms with Crippen LogP contribution >= 0.6 is 35.3 Å². The van der Waals surface area contributed by atoms with E-state index in [-0.39, 0.29) is 29.7 Å². The lowest BCUT2D eigenvalue weighted by Crippen LogP contribution is -2.53. The number of piperazine rings is 1. The van der Waals surface area contributed by atoms with Gasteiger partial charge in [0.2, 0.25) is 10.0 Å². The molecule has 1 saturated heterocycles. The van der Waals surface area contributed by atoms with Gasteiger partial charge in [-0.1, -0.05) is 5.16 Å². The van der Waals surface area contributed by atoms with E-state index in [1.165, 1.54) is 10.6 Å². The first-order valence-electron chi connectivity index (χ1n) is 9.22. The molecule has 12 heteroatoms. The summed E-state index contributed by atoms with van der Waals surface area (Å²) in [7, 11) is -3.41. The van der Waals surface area contributed by atoms with Crippen LogP contribution in [0, 0.1) is 13.8 Å². The van der Waals surface area contributed by atoms with Crippen molar-refractivity contribution in [1.82, 2.24) is 24.7 Å². The zero-order valence-corrected chi connectivity index (χ0v) is 20.8. The number of aliphatic imine (C=N–C) groups is 1. The lowest BCUT2D eigenvalue weighted by molar-refractivity contribution is 0.259. The minimum Gasteiger partial charge on any atom is -0.364 e. The molecule has 0 amide bonds. The second kappa shape index (κ2) is 10.7. The number of aromatic nitrogens is 2. The van der Waals surface area contributed by atoms with Gasteiger partial charge in [-0.2, -0.15) is 4.31 Å². The molecular formula is C17H27IN6O3S2. The second-order valence-electron chi connectivity index (χ2n) is 6.54. The smallest absolute Gasteiger partial charge is 0.220 e. The predicted molar refractivity (Wildman–Crippen MR) is 124 cm³/mol. The van der Waals surface area contributed by atoms with Crippen LogP contribution in [0.1, 0.15) is 28.2 Å². The van der Waals surface area contributed by atoms with Crippen LogP contribution in [0.5, 0.6) is 0 Å². The summed E-state index contributed by atoms with van der Waals surface area (Å²) in [6.45, 7) is 9.36. The number of rotatable bonds is 6. The lowest BCUT2D eigenvalue weighted by atomic mass is 10.4. The first kappa shape index (κ1) is 24.0. The Morgan fingerprint density at radius 1 is 1.31 bits per heavy atom. The number of hydrogen-bond acceptors (Lipinski definition) is 7. The quantitative estimate of drug-likeness (QED) is 0.331. The molecule has 1 aliphatic rings. The standard InChI is InChI=1S/C17H26N6O3S2.HI/c1-4-18-17(19-11-16-13(2)20-14(3)27-16)22-6-8-23(9-7-22)28(24,25)12-15-5-10-26-21-15;/h5,10H,4,6-9,11-12H2,1-3H3,(H,18,19);1H. The Hall–Kier alpha value is -1.25. The van der Waals surface area contributed by atoms with Crippen molar-refractivity contribution in [2.24, 2.45) is 4.99 Å². The maximum absolute atomic E-state index is 12.6. The number of aryl methyl sites for hydroxylation is 2. The van der Waals surface area contributed by atoms with Crippen LogP contribution in [0.3, 0.4) is 0 Å². The Kier molecular flexibility index (Phi) is 8.85. The molecule has 1 aliphatic heterocycles. The average molecular weight is 554 g/mol. The van der Waals surface area contributed by atoms with Crippen LogP contribution in [0.4, 0.5) is 0 Å². The number of nitrogens with zero attached hydrogens (tertiary/aromatic N) is 5. The maximum Gasteiger partial charge on any atom is 0.220 e. The van der Waals surface area contributed by atoms with Crippen molar-refractivity contribution in [3.8, 4) is 0 Å². The highest BCUT2D eigenvalue weighted by atomic mass is 127. The van der Waals surface area contributed by atoms with Gasteiger partial charge in [0, 0.05) is 43.7 Å². The molecule has 3 heterocycles. The molecular weight excluding hydrogens is 527 g/mol. The average Bonchev–Trinajstić information content (AvgIpc) is 3.27. The SMILES string of the molecule is CCNC(=NCc1sc(C)nc1C)N1CCN(S(=O)(=O)Cc2ccon2)CC1.I. The van der Waals surface area contributed by atoms with Crippen LogP contribution in [0.2, 0.25) is 0 Å². The monoisotopic (exact) mass is 554 g/mol. The zero-order valence-electron chi connectivity index (χ0n) is 16.8. The minimum absolute atomic E-state index is 0. The molecule has 1 N–H and O–H groups in total. The fourth-order valence-corrected chi connectivity index (χ4v) is 5.35. The van der Waals surface area contributed by atoms with Gasteiger partial charge in [0.1, 0.15) is 12.0 Å². The molecule has 0 spiro atoms. The van der Waals surface area contributed by atoms with Crippen molar-refractivity contribution in [3.05, 3.63) is 33.6 Å². The molecule has 3 rings (SSSR count). The van der Waals surface area contributed by atoms with Crippen LogP contribution in [0.25, 0.3) is 0 Å². The molecule has 0 atom stereocenters. The Bertz CT molecular complexity index is 906. The van der Waals surface area contributed by atoms with Gasteiger partial charge in [0.25, 0.3) is 0 Å². The normalized spacial score (nSPS) is 16.0. The minimum atomic E-state index is -3.41. The summed E-state index contributed by atoms with van der Waals surface area (Å²) in [5.74, 6) is 0.670. The summed E-state index contributed by atoms with van der Waals surface area (Å²) in [5, 5.41) is 8.05.